The fourth-order valence-electron chi connectivity index (χ4n) is 1.56. The molecule has 15 heavy (non-hydrogen) atoms. The number of nitrogens with two attached hydrogens (primary N) is 1. The van der Waals surface area contributed by atoms with Crippen molar-refractivity contribution < 1.29 is 14.2 Å². The molecular weight excluding hydrogens is 197 g/mol. The highest BCUT2D eigenvalue weighted by Crippen LogP contribution is 2.30. The van der Waals surface area contributed by atoms with Gasteiger partial charge < -0.3 is 15.6 Å². The van der Waals surface area contributed by atoms with E-state index >= 15 is 0 Å². The van der Waals surface area contributed by atoms with Crippen molar-refractivity contribution in [3.05, 3.63) is 41.4 Å². The van der Waals surface area contributed by atoms with Crippen molar-refractivity contribution in [2.45, 2.75) is 12.5 Å². The van der Waals surface area contributed by atoms with E-state index in [1.165, 1.54) is 18.2 Å². The first-order valence-electron chi connectivity index (χ1n) is 4.74. The van der Waals surface area contributed by atoms with Gasteiger partial charge in [0.1, 0.15) is 17.7 Å². The minimum atomic E-state index is -0.969. The highest BCUT2D eigenvalue weighted by molar-refractivity contribution is 5.49. The topological polar surface area (TPSA) is 55.5 Å². The average molecular weight is 209 g/mol. The van der Waals surface area contributed by atoms with Gasteiger partial charge in [0.05, 0.1) is 6.61 Å². The van der Waals surface area contributed by atoms with Crippen LogP contribution >= 0.6 is 0 Å². The lowest BCUT2D eigenvalue weighted by Crippen LogP contribution is -2.06. The molecule has 1 aliphatic rings. The van der Waals surface area contributed by atoms with E-state index in [-0.39, 0.29) is 0 Å². The highest BCUT2D eigenvalue weighted by atomic mass is 19.1. The molecule has 1 aliphatic heterocycles. The number of anilines is 1. The van der Waals surface area contributed by atoms with Gasteiger partial charge >= 0.3 is 0 Å². The zero-order valence-electron chi connectivity index (χ0n) is 8.11. The number of aliphatic hydroxyl groups excluding tert-OH is 1. The summed E-state index contributed by atoms with van der Waals surface area (Å²) in [6.45, 7) is 0.557. The Balaban J connectivity index is 2.31. The molecular formula is C11H12FNO2. The molecule has 0 aromatic heterocycles. The van der Waals surface area contributed by atoms with Gasteiger partial charge in [0.25, 0.3) is 0 Å². The van der Waals surface area contributed by atoms with Gasteiger partial charge in [-0.2, -0.15) is 0 Å². The van der Waals surface area contributed by atoms with E-state index in [2.05, 4.69) is 0 Å². The van der Waals surface area contributed by atoms with E-state index in [1.54, 1.807) is 6.08 Å². The summed E-state index contributed by atoms with van der Waals surface area (Å²) in [4.78, 5) is 0. The van der Waals surface area contributed by atoms with Crippen LogP contribution in [0.4, 0.5) is 10.1 Å². The van der Waals surface area contributed by atoms with Gasteiger partial charge in [-0.15, -0.1) is 0 Å². The van der Waals surface area contributed by atoms with Crippen molar-refractivity contribution in [3.8, 4) is 0 Å². The van der Waals surface area contributed by atoms with E-state index in [0.717, 1.165) is 6.42 Å². The second kappa shape index (κ2) is 3.90. The number of rotatable bonds is 2. The Morgan fingerprint density at radius 1 is 1.47 bits per heavy atom. The van der Waals surface area contributed by atoms with Crippen LogP contribution in [0.5, 0.6) is 0 Å². The zero-order chi connectivity index (χ0) is 10.8. The maximum absolute atomic E-state index is 13.0. The third-order valence-corrected chi connectivity index (χ3v) is 2.35. The molecule has 1 atom stereocenters. The molecule has 0 bridgehead atoms. The minimum absolute atomic E-state index is 0.350. The first-order valence-corrected chi connectivity index (χ1v) is 4.74. The minimum Gasteiger partial charge on any atom is -0.495 e. The van der Waals surface area contributed by atoms with E-state index in [1.807, 2.05) is 0 Å². The van der Waals surface area contributed by atoms with Gasteiger partial charge in [-0.1, -0.05) is 0 Å². The highest BCUT2D eigenvalue weighted by Gasteiger charge is 2.20. The average Bonchev–Trinajstić information content (AvgIpc) is 2.74. The predicted molar refractivity (Wildman–Crippen MR) is 54.4 cm³/mol. The Morgan fingerprint density at radius 2 is 2.27 bits per heavy atom. The van der Waals surface area contributed by atoms with Crippen LogP contribution in [-0.4, -0.2) is 11.7 Å². The van der Waals surface area contributed by atoms with Crippen molar-refractivity contribution in [2.24, 2.45) is 0 Å². The summed E-state index contributed by atoms with van der Waals surface area (Å²) < 4.78 is 18.2. The molecule has 80 valence electrons. The van der Waals surface area contributed by atoms with Crippen LogP contribution in [-0.2, 0) is 4.74 Å². The number of aliphatic hydroxyl groups is 1. The number of benzene rings is 1. The summed E-state index contributed by atoms with van der Waals surface area (Å²) >= 11 is 0. The van der Waals surface area contributed by atoms with Crippen molar-refractivity contribution in [1.82, 2.24) is 0 Å². The Hall–Kier alpha value is -1.55. The smallest absolute Gasteiger partial charge is 0.138 e. The van der Waals surface area contributed by atoms with E-state index in [4.69, 9.17) is 10.5 Å². The maximum atomic E-state index is 13.0. The molecule has 3 nitrogen and oxygen atoms in total. The van der Waals surface area contributed by atoms with Crippen LogP contribution in [0.3, 0.4) is 0 Å². The Morgan fingerprint density at radius 3 is 2.93 bits per heavy atom. The summed E-state index contributed by atoms with van der Waals surface area (Å²) in [6, 6.07) is 3.92. The Labute approximate surface area is 87.0 Å². The van der Waals surface area contributed by atoms with Crippen LogP contribution in [0.1, 0.15) is 18.1 Å². The summed E-state index contributed by atoms with van der Waals surface area (Å²) in [5.41, 5.74) is 6.36. The quantitative estimate of drug-likeness (QED) is 0.729. The van der Waals surface area contributed by atoms with Crippen molar-refractivity contribution in [2.75, 3.05) is 12.3 Å². The normalized spacial score (nSPS) is 17.1. The number of nitrogen functional groups attached to an aromatic ring is 1. The molecule has 4 heteroatoms. The number of hydrogen-bond acceptors (Lipinski definition) is 3. The van der Waals surface area contributed by atoms with Gasteiger partial charge in [0.2, 0.25) is 0 Å². The lowest BCUT2D eigenvalue weighted by Gasteiger charge is -2.14. The van der Waals surface area contributed by atoms with Crippen LogP contribution in [0.25, 0.3) is 0 Å². The largest absolute Gasteiger partial charge is 0.495 e. The van der Waals surface area contributed by atoms with Crippen LogP contribution in [0.15, 0.2) is 30.0 Å². The molecule has 2 rings (SSSR count). The summed E-state index contributed by atoms with van der Waals surface area (Å²) in [5, 5.41) is 9.89. The Kier molecular flexibility index (Phi) is 2.60. The molecule has 3 N–H and O–H groups in total. The van der Waals surface area contributed by atoms with Gasteiger partial charge in [-0.3, -0.25) is 0 Å². The molecule has 0 aliphatic carbocycles. The standard InChI is InChI=1S/C11H12FNO2/c12-7-3-4-9(13)8(6-7)11(14)10-2-1-5-15-10/h2-4,6,11,14H,1,5,13H2. The number of ether oxygens (including phenoxy) is 1. The fraction of sp³-hybridized carbons (Fsp3) is 0.273. The van der Waals surface area contributed by atoms with E-state index < -0.39 is 11.9 Å². The zero-order valence-corrected chi connectivity index (χ0v) is 8.11. The lowest BCUT2D eigenvalue weighted by molar-refractivity contribution is 0.119. The first-order chi connectivity index (χ1) is 7.18. The SMILES string of the molecule is Nc1ccc(F)cc1C(O)C1=CCCO1. The van der Waals surface area contributed by atoms with Crippen LogP contribution < -0.4 is 5.73 Å². The molecule has 0 saturated carbocycles. The molecule has 1 aromatic carbocycles. The van der Waals surface area contributed by atoms with Gasteiger partial charge in [-0.05, 0) is 24.3 Å². The molecule has 0 radical (unpaired) electrons. The maximum Gasteiger partial charge on any atom is 0.138 e. The third-order valence-electron chi connectivity index (χ3n) is 2.35. The van der Waals surface area contributed by atoms with E-state index in [0.29, 0.717) is 23.6 Å². The van der Waals surface area contributed by atoms with Gasteiger partial charge in [-0.25, -0.2) is 4.39 Å². The lowest BCUT2D eigenvalue weighted by atomic mass is 10.1. The van der Waals surface area contributed by atoms with Crippen molar-refractivity contribution in [3.63, 3.8) is 0 Å². The summed E-state index contributed by atoms with van der Waals surface area (Å²) in [6.07, 6.45) is 1.58. The molecule has 0 amide bonds. The molecule has 0 fully saturated rings. The summed E-state index contributed by atoms with van der Waals surface area (Å²) in [7, 11) is 0. The monoisotopic (exact) mass is 209 g/mol. The number of hydrogen-bond donors (Lipinski definition) is 2. The van der Waals surface area contributed by atoms with Gasteiger partial charge in [0, 0.05) is 17.7 Å². The molecule has 0 spiro atoms. The molecule has 0 saturated heterocycles. The van der Waals surface area contributed by atoms with Crippen LogP contribution in [0, 0.1) is 5.82 Å². The summed E-state index contributed by atoms with van der Waals surface area (Å²) in [5.74, 6) is 0.0316. The second-order valence-corrected chi connectivity index (χ2v) is 3.42. The second-order valence-electron chi connectivity index (χ2n) is 3.42. The van der Waals surface area contributed by atoms with Crippen LogP contribution in [0.2, 0.25) is 0 Å². The van der Waals surface area contributed by atoms with E-state index in [9.17, 15) is 9.50 Å². The number of halogens is 1. The van der Waals surface area contributed by atoms with Crippen molar-refractivity contribution >= 4 is 5.69 Å². The molecule has 1 unspecified atom stereocenters. The predicted octanol–water partition coefficient (Wildman–Crippen LogP) is 1.75. The Bertz CT molecular complexity index is 404. The van der Waals surface area contributed by atoms with Gasteiger partial charge in [0.15, 0.2) is 0 Å². The molecule has 1 heterocycles. The molecule has 1 aromatic rings. The first kappa shape index (κ1) is 9.98. The van der Waals surface area contributed by atoms with Crippen molar-refractivity contribution in [1.29, 1.82) is 0 Å². The third kappa shape index (κ3) is 1.94. The fourth-order valence-corrected chi connectivity index (χ4v) is 1.56.